The van der Waals surface area contributed by atoms with E-state index in [9.17, 15) is 4.39 Å². The molecule has 0 aliphatic rings. The van der Waals surface area contributed by atoms with Gasteiger partial charge in [0.05, 0.1) is 6.20 Å². The van der Waals surface area contributed by atoms with Gasteiger partial charge in [0.1, 0.15) is 5.75 Å². The largest absolute Gasteiger partial charge is 0.436 e. The van der Waals surface area contributed by atoms with E-state index in [0.29, 0.717) is 5.75 Å². The Labute approximate surface area is 111 Å². The molecule has 0 bridgehead atoms. The van der Waals surface area contributed by atoms with Gasteiger partial charge in [0.15, 0.2) is 0 Å². The Morgan fingerprint density at radius 2 is 2.18 bits per heavy atom. The summed E-state index contributed by atoms with van der Waals surface area (Å²) in [6, 6.07) is 5.37. The maximum absolute atomic E-state index is 13.3. The van der Waals surface area contributed by atoms with Gasteiger partial charge in [0.25, 0.3) is 5.88 Å². The second-order valence-corrected chi connectivity index (χ2v) is 4.56. The van der Waals surface area contributed by atoms with Crippen molar-refractivity contribution in [2.24, 2.45) is 0 Å². The number of benzene rings is 1. The highest BCUT2D eigenvalue weighted by Gasteiger charge is 2.10. The van der Waals surface area contributed by atoms with Crippen molar-refractivity contribution in [3.63, 3.8) is 0 Å². The van der Waals surface area contributed by atoms with Gasteiger partial charge < -0.3 is 4.74 Å². The van der Waals surface area contributed by atoms with Crippen LogP contribution in [0, 0.1) is 12.7 Å². The molecule has 0 aliphatic carbocycles. The van der Waals surface area contributed by atoms with Gasteiger partial charge in [-0.2, -0.15) is 9.37 Å². The van der Waals surface area contributed by atoms with Crippen molar-refractivity contribution in [3.05, 3.63) is 45.5 Å². The van der Waals surface area contributed by atoms with Gasteiger partial charge in [-0.3, -0.25) is 0 Å². The number of aryl methyl sites for hydroxylation is 1. The number of aromatic nitrogens is 2. The van der Waals surface area contributed by atoms with Crippen LogP contribution in [0.5, 0.6) is 11.6 Å². The van der Waals surface area contributed by atoms with Crippen LogP contribution >= 0.6 is 27.5 Å². The zero-order chi connectivity index (χ0) is 12.4. The molecule has 0 radical (unpaired) electrons. The van der Waals surface area contributed by atoms with E-state index in [2.05, 4.69) is 25.9 Å². The molecular weight excluding hydrogens is 310 g/mol. The van der Waals surface area contributed by atoms with Crippen molar-refractivity contribution in [1.29, 1.82) is 0 Å². The number of rotatable bonds is 2. The molecule has 0 saturated carbocycles. The summed E-state index contributed by atoms with van der Waals surface area (Å²) < 4.78 is 19.6. The Kier molecular flexibility index (Phi) is 3.59. The van der Waals surface area contributed by atoms with Crippen LogP contribution in [-0.4, -0.2) is 9.97 Å². The first-order chi connectivity index (χ1) is 8.06. The minimum Gasteiger partial charge on any atom is -0.436 e. The van der Waals surface area contributed by atoms with Gasteiger partial charge in [-0.25, -0.2) is 4.98 Å². The van der Waals surface area contributed by atoms with Gasteiger partial charge in [-0.05, 0) is 42.3 Å². The van der Waals surface area contributed by atoms with Crippen molar-refractivity contribution < 1.29 is 9.13 Å². The molecule has 0 amide bonds. The fourth-order valence-corrected chi connectivity index (χ4v) is 1.84. The zero-order valence-electron chi connectivity index (χ0n) is 8.75. The van der Waals surface area contributed by atoms with Gasteiger partial charge in [-0.1, -0.05) is 15.9 Å². The third-order valence-electron chi connectivity index (χ3n) is 2.03. The van der Waals surface area contributed by atoms with Crippen LogP contribution in [0.4, 0.5) is 4.39 Å². The van der Waals surface area contributed by atoms with Crippen LogP contribution in [0.25, 0.3) is 0 Å². The first-order valence-corrected chi connectivity index (χ1v) is 5.85. The Hall–Kier alpha value is -1.20. The maximum Gasteiger partial charge on any atom is 0.260 e. The van der Waals surface area contributed by atoms with E-state index in [1.807, 2.05) is 13.0 Å². The Morgan fingerprint density at radius 1 is 1.41 bits per heavy atom. The van der Waals surface area contributed by atoms with E-state index in [1.165, 1.54) is 0 Å². The summed E-state index contributed by atoms with van der Waals surface area (Å²) in [5, 5.41) is -0.0591. The number of nitrogens with zero attached hydrogens (tertiary/aromatic N) is 2. The molecule has 0 atom stereocenters. The third kappa shape index (κ3) is 2.92. The molecule has 0 fully saturated rings. The van der Waals surface area contributed by atoms with E-state index in [-0.39, 0.29) is 11.2 Å². The second-order valence-electron chi connectivity index (χ2n) is 3.30. The minimum atomic E-state index is -0.656. The predicted molar refractivity (Wildman–Crippen MR) is 66.0 cm³/mol. The molecule has 1 aromatic heterocycles. The maximum atomic E-state index is 13.3. The first-order valence-electron chi connectivity index (χ1n) is 4.68. The van der Waals surface area contributed by atoms with E-state index < -0.39 is 5.82 Å². The highest BCUT2D eigenvalue weighted by Crippen LogP contribution is 2.27. The molecule has 6 heteroatoms. The molecule has 1 heterocycles. The Balaban J connectivity index is 2.34. The molecule has 0 spiro atoms. The van der Waals surface area contributed by atoms with Crippen LogP contribution in [0.1, 0.15) is 5.56 Å². The summed E-state index contributed by atoms with van der Waals surface area (Å²) in [7, 11) is 0. The second kappa shape index (κ2) is 4.98. The highest BCUT2D eigenvalue weighted by atomic mass is 79.9. The van der Waals surface area contributed by atoms with E-state index >= 15 is 0 Å². The summed E-state index contributed by atoms with van der Waals surface area (Å²) in [6.07, 6.45) is 0.971. The van der Waals surface area contributed by atoms with Crippen LogP contribution in [0.15, 0.2) is 28.9 Å². The molecule has 88 valence electrons. The van der Waals surface area contributed by atoms with Crippen LogP contribution in [0.2, 0.25) is 5.28 Å². The van der Waals surface area contributed by atoms with Crippen LogP contribution in [0.3, 0.4) is 0 Å². The fourth-order valence-electron chi connectivity index (χ4n) is 1.23. The van der Waals surface area contributed by atoms with Crippen molar-refractivity contribution in [3.8, 4) is 11.6 Å². The van der Waals surface area contributed by atoms with E-state index in [0.717, 1.165) is 16.2 Å². The molecule has 0 unspecified atom stereocenters. The van der Waals surface area contributed by atoms with Crippen molar-refractivity contribution in [1.82, 2.24) is 9.97 Å². The number of ether oxygens (including phenoxy) is 1. The molecule has 0 saturated heterocycles. The number of hydrogen-bond acceptors (Lipinski definition) is 3. The molecule has 0 N–H and O–H groups in total. The van der Waals surface area contributed by atoms with Gasteiger partial charge >= 0.3 is 0 Å². The molecular formula is C11H7BrClFN2O. The predicted octanol–water partition coefficient (Wildman–Crippen LogP) is 4.13. The van der Waals surface area contributed by atoms with Crippen LogP contribution < -0.4 is 4.74 Å². The number of hydrogen-bond donors (Lipinski definition) is 0. The topological polar surface area (TPSA) is 35.0 Å². The van der Waals surface area contributed by atoms with Crippen LogP contribution in [-0.2, 0) is 0 Å². The quantitative estimate of drug-likeness (QED) is 0.781. The monoisotopic (exact) mass is 316 g/mol. The van der Waals surface area contributed by atoms with Gasteiger partial charge in [-0.15, -0.1) is 0 Å². The zero-order valence-corrected chi connectivity index (χ0v) is 11.1. The average molecular weight is 318 g/mol. The summed E-state index contributed by atoms with van der Waals surface area (Å²) >= 11 is 8.90. The summed E-state index contributed by atoms with van der Waals surface area (Å²) in [4.78, 5) is 7.19. The minimum absolute atomic E-state index is 0.0591. The Morgan fingerprint density at radius 3 is 2.88 bits per heavy atom. The molecule has 2 aromatic rings. The molecule has 17 heavy (non-hydrogen) atoms. The van der Waals surface area contributed by atoms with Gasteiger partial charge in [0, 0.05) is 4.47 Å². The molecule has 3 nitrogen and oxygen atoms in total. The number of halogens is 3. The average Bonchev–Trinajstić information content (AvgIpc) is 2.27. The van der Waals surface area contributed by atoms with Crippen molar-refractivity contribution in [2.75, 3.05) is 0 Å². The summed E-state index contributed by atoms with van der Waals surface area (Å²) in [5.41, 5.74) is 0.855. The lowest BCUT2D eigenvalue weighted by molar-refractivity contribution is 0.417. The van der Waals surface area contributed by atoms with E-state index in [4.69, 9.17) is 16.3 Å². The highest BCUT2D eigenvalue weighted by molar-refractivity contribution is 9.10. The van der Waals surface area contributed by atoms with Crippen molar-refractivity contribution in [2.45, 2.75) is 6.92 Å². The first kappa shape index (κ1) is 12.3. The standard InChI is InChI=1S/C11H7BrClFN2O/c1-6-4-7(12)2-3-9(6)17-10-8(14)5-15-11(13)16-10/h2-5H,1H3. The third-order valence-corrected chi connectivity index (χ3v) is 2.70. The molecule has 1 aromatic carbocycles. The van der Waals surface area contributed by atoms with Gasteiger partial charge in [0.2, 0.25) is 11.1 Å². The summed E-state index contributed by atoms with van der Waals surface area (Å²) in [5.74, 6) is -0.325. The lowest BCUT2D eigenvalue weighted by atomic mass is 10.2. The SMILES string of the molecule is Cc1cc(Br)ccc1Oc1nc(Cl)ncc1F. The van der Waals surface area contributed by atoms with E-state index in [1.54, 1.807) is 12.1 Å². The molecule has 2 rings (SSSR count). The van der Waals surface area contributed by atoms with Crippen molar-refractivity contribution >= 4 is 27.5 Å². The molecule has 0 aliphatic heterocycles. The lowest BCUT2D eigenvalue weighted by Crippen LogP contribution is -1.95. The normalized spacial score (nSPS) is 10.4. The smallest absolute Gasteiger partial charge is 0.260 e. The lowest BCUT2D eigenvalue weighted by Gasteiger charge is -2.08. The summed E-state index contributed by atoms with van der Waals surface area (Å²) in [6.45, 7) is 1.85. The Bertz CT molecular complexity index is 565. The fraction of sp³-hybridized carbons (Fsp3) is 0.0909.